The molecule has 1 aromatic rings. The van der Waals surface area contributed by atoms with Crippen molar-refractivity contribution in [2.45, 2.75) is 6.92 Å². The molecule has 5 nitrogen and oxygen atoms in total. The molecule has 3 amide bonds. The van der Waals surface area contributed by atoms with Crippen LogP contribution in [0.5, 0.6) is 0 Å². The van der Waals surface area contributed by atoms with Crippen LogP contribution < -0.4 is 16.4 Å². The Kier molecular flexibility index (Phi) is 4.08. The van der Waals surface area contributed by atoms with Crippen molar-refractivity contribution >= 4 is 17.6 Å². The molecule has 16 heavy (non-hydrogen) atoms. The minimum Gasteiger partial charge on any atom is -0.366 e. The minimum absolute atomic E-state index is 0.343. The van der Waals surface area contributed by atoms with E-state index in [1.165, 1.54) is 6.20 Å². The average Bonchev–Trinajstić information content (AvgIpc) is 2.27. The molecule has 0 aliphatic carbocycles. The van der Waals surface area contributed by atoms with Crippen LogP contribution in [0.3, 0.4) is 0 Å². The van der Waals surface area contributed by atoms with E-state index in [1.54, 1.807) is 37.3 Å². The summed E-state index contributed by atoms with van der Waals surface area (Å²) in [5, 5.41) is 5.09. The highest BCUT2D eigenvalue weighted by atomic mass is 16.2. The lowest BCUT2D eigenvalue weighted by atomic mass is 10.2. The summed E-state index contributed by atoms with van der Waals surface area (Å²) in [6, 6.07) is 5.97. The lowest BCUT2D eigenvalue weighted by Gasteiger charge is -2.04. The van der Waals surface area contributed by atoms with Gasteiger partial charge in [-0.2, -0.15) is 0 Å². The SMILES string of the molecule is C/C=C/NC(=O)Nc1ccc(C(N)=O)cc1. The number of primary amides is 1. The molecule has 0 unspecified atom stereocenters. The van der Waals surface area contributed by atoms with Gasteiger partial charge in [0.2, 0.25) is 5.91 Å². The first-order chi connectivity index (χ1) is 7.63. The Bertz CT molecular complexity index is 410. The van der Waals surface area contributed by atoms with Crippen LogP contribution in [0, 0.1) is 0 Å². The molecule has 0 aromatic heterocycles. The van der Waals surface area contributed by atoms with Gasteiger partial charge < -0.3 is 16.4 Å². The second-order valence-electron chi connectivity index (χ2n) is 3.04. The molecule has 1 aromatic carbocycles. The quantitative estimate of drug-likeness (QED) is 0.718. The first-order valence-corrected chi connectivity index (χ1v) is 4.72. The molecule has 5 heteroatoms. The summed E-state index contributed by atoms with van der Waals surface area (Å²) < 4.78 is 0. The van der Waals surface area contributed by atoms with Gasteiger partial charge in [-0.1, -0.05) is 6.08 Å². The molecule has 0 radical (unpaired) electrons. The van der Waals surface area contributed by atoms with Crippen LogP contribution >= 0.6 is 0 Å². The van der Waals surface area contributed by atoms with E-state index >= 15 is 0 Å². The Balaban J connectivity index is 2.61. The van der Waals surface area contributed by atoms with Gasteiger partial charge >= 0.3 is 6.03 Å². The third-order valence-corrected chi connectivity index (χ3v) is 1.81. The van der Waals surface area contributed by atoms with Crippen molar-refractivity contribution in [2.75, 3.05) is 5.32 Å². The van der Waals surface area contributed by atoms with Crippen molar-refractivity contribution in [3.8, 4) is 0 Å². The lowest BCUT2D eigenvalue weighted by Crippen LogP contribution is -2.23. The number of benzene rings is 1. The Morgan fingerprint density at radius 3 is 2.38 bits per heavy atom. The number of rotatable bonds is 3. The first kappa shape index (κ1) is 11.8. The minimum atomic E-state index is -0.495. The van der Waals surface area contributed by atoms with Crippen LogP contribution in [-0.2, 0) is 0 Å². The standard InChI is InChI=1S/C11H13N3O2/c1-2-7-13-11(16)14-9-5-3-8(4-6-9)10(12)15/h2-7H,1H3,(H2,12,15)(H2,13,14,16)/b7-2+. The van der Waals surface area contributed by atoms with Crippen molar-refractivity contribution in [1.82, 2.24) is 5.32 Å². The van der Waals surface area contributed by atoms with Crippen LogP contribution in [0.1, 0.15) is 17.3 Å². The van der Waals surface area contributed by atoms with Gasteiger partial charge in [0.15, 0.2) is 0 Å². The van der Waals surface area contributed by atoms with E-state index in [0.29, 0.717) is 11.3 Å². The number of urea groups is 1. The fraction of sp³-hybridized carbons (Fsp3) is 0.0909. The molecule has 0 aliphatic rings. The van der Waals surface area contributed by atoms with E-state index < -0.39 is 5.91 Å². The predicted octanol–water partition coefficient (Wildman–Crippen LogP) is 1.44. The molecule has 0 aliphatic heterocycles. The zero-order valence-corrected chi connectivity index (χ0v) is 8.86. The highest BCUT2D eigenvalue weighted by Gasteiger charge is 2.01. The fourth-order valence-corrected chi connectivity index (χ4v) is 1.04. The molecule has 4 N–H and O–H groups in total. The molecule has 1 rings (SSSR count). The smallest absolute Gasteiger partial charge is 0.323 e. The maximum absolute atomic E-state index is 11.2. The van der Waals surface area contributed by atoms with Crippen molar-refractivity contribution < 1.29 is 9.59 Å². The van der Waals surface area contributed by atoms with Gasteiger partial charge in [-0.15, -0.1) is 0 Å². The van der Waals surface area contributed by atoms with Crippen LogP contribution in [0.25, 0.3) is 0 Å². The predicted molar refractivity (Wildman–Crippen MR) is 61.9 cm³/mol. The Morgan fingerprint density at radius 2 is 1.88 bits per heavy atom. The summed E-state index contributed by atoms with van der Waals surface area (Å²) in [4.78, 5) is 22.0. The molecule has 0 heterocycles. The summed E-state index contributed by atoms with van der Waals surface area (Å²) in [6.07, 6.45) is 3.23. The average molecular weight is 219 g/mol. The molecule has 0 atom stereocenters. The monoisotopic (exact) mass is 219 g/mol. The number of hydrogen-bond acceptors (Lipinski definition) is 2. The lowest BCUT2D eigenvalue weighted by molar-refractivity contribution is 0.100. The van der Waals surface area contributed by atoms with Gasteiger partial charge in [0, 0.05) is 17.5 Å². The summed E-state index contributed by atoms with van der Waals surface area (Å²) in [5.41, 5.74) is 6.08. The van der Waals surface area contributed by atoms with Gasteiger partial charge in [0.1, 0.15) is 0 Å². The number of hydrogen-bond donors (Lipinski definition) is 3. The van der Waals surface area contributed by atoms with Crippen LogP contribution in [-0.4, -0.2) is 11.9 Å². The fourth-order valence-electron chi connectivity index (χ4n) is 1.04. The second-order valence-corrected chi connectivity index (χ2v) is 3.04. The number of carbonyl (C=O) groups excluding carboxylic acids is 2. The van der Waals surface area contributed by atoms with Gasteiger partial charge in [-0.25, -0.2) is 4.79 Å². The van der Waals surface area contributed by atoms with E-state index in [9.17, 15) is 9.59 Å². The number of nitrogens with two attached hydrogens (primary N) is 1. The van der Waals surface area contributed by atoms with Gasteiger partial charge in [0.05, 0.1) is 0 Å². The molecule has 0 saturated carbocycles. The largest absolute Gasteiger partial charge is 0.366 e. The van der Waals surface area contributed by atoms with Crippen molar-refractivity contribution in [2.24, 2.45) is 5.73 Å². The van der Waals surface area contributed by atoms with E-state index in [4.69, 9.17) is 5.73 Å². The molecule has 0 saturated heterocycles. The Labute approximate surface area is 93.3 Å². The highest BCUT2D eigenvalue weighted by molar-refractivity contribution is 5.94. The molecule has 0 spiro atoms. The summed E-state index contributed by atoms with van der Waals surface area (Å²) in [6.45, 7) is 1.79. The van der Waals surface area contributed by atoms with Gasteiger partial charge in [0.25, 0.3) is 0 Å². The molecule has 0 fully saturated rings. The van der Waals surface area contributed by atoms with E-state index in [0.717, 1.165) is 0 Å². The summed E-state index contributed by atoms with van der Waals surface area (Å²) >= 11 is 0. The van der Waals surface area contributed by atoms with E-state index in [1.807, 2.05) is 0 Å². The summed E-state index contributed by atoms with van der Waals surface area (Å²) in [7, 11) is 0. The highest BCUT2D eigenvalue weighted by Crippen LogP contribution is 2.08. The zero-order chi connectivity index (χ0) is 12.0. The second kappa shape index (κ2) is 5.55. The van der Waals surface area contributed by atoms with Crippen LogP contribution in [0.2, 0.25) is 0 Å². The third kappa shape index (κ3) is 3.45. The third-order valence-electron chi connectivity index (χ3n) is 1.81. The molecule has 0 bridgehead atoms. The van der Waals surface area contributed by atoms with Crippen molar-refractivity contribution in [1.29, 1.82) is 0 Å². The van der Waals surface area contributed by atoms with Gasteiger partial charge in [-0.3, -0.25) is 4.79 Å². The number of allylic oxidation sites excluding steroid dienone is 1. The number of carbonyl (C=O) groups is 2. The molecular weight excluding hydrogens is 206 g/mol. The topological polar surface area (TPSA) is 84.2 Å². The molecular formula is C11H13N3O2. The number of amides is 3. The number of nitrogens with one attached hydrogen (secondary N) is 2. The maximum atomic E-state index is 11.2. The summed E-state index contributed by atoms with van der Waals surface area (Å²) in [5.74, 6) is -0.495. The molecule has 84 valence electrons. The maximum Gasteiger partial charge on any atom is 0.323 e. The number of anilines is 1. The van der Waals surface area contributed by atoms with Crippen LogP contribution in [0.4, 0.5) is 10.5 Å². The van der Waals surface area contributed by atoms with Crippen LogP contribution in [0.15, 0.2) is 36.5 Å². The van der Waals surface area contributed by atoms with Gasteiger partial charge in [-0.05, 0) is 31.2 Å². The first-order valence-electron chi connectivity index (χ1n) is 4.72. The Morgan fingerprint density at radius 1 is 1.25 bits per heavy atom. The van der Waals surface area contributed by atoms with Crippen molar-refractivity contribution in [3.05, 3.63) is 42.1 Å². The van der Waals surface area contributed by atoms with E-state index in [-0.39, 0.29) is 6.03 Å². The Hall–Kier alpha value is -2.30. The zero-order valence-electron chi connectivity index (χ0n) is 8.86. The van der Waals surface area contributed by atoms with Crippen molar-refractivity contribution in [3.63, 3.8) is 0 Å². The van der Waals surface area contributed by atoms with E-state index in [2.05, 4.69) is 10.6 Å². The normalized spacial score (nSPS) is 10.1.